The van der Waals surface area contributed by atoms with Gasteiger partial charge in [-0.2, -0.15) is 4.31 Å². The quantitative estimate of drug-likeness (QED) is 0.571. The number of carboxylic acids is 1. The summed E-state index contributed by atoms with van der Waals surface area (Å²) in [5, 5.41) is 24.0. The Kier molecular flexibility index (Phi) is 5.69. The molecular weight excluding hydrogens is 410 g/mol. The zero-order chi connectivity index (χ0) is 21.5. The summed E-state index contributed by atoms with van der Waals surface area (Å²) in [6.45, 7) is 2.07. The number of carboxylic acid groups (broad SMARTS) is 1. The highest BCUT2D eigenvalue weighted by molar-refractivity contribution is 7.88. The maximum atomic E-state index is 11.8. The van der Waals surface area contributed by atoms with Gasteiger partial charge in [0.25, 0.3) is 0 Å². The lowest BCUT2D eigenvalue weighted by molar-refractivity contribution is -0.161. The van der Waals surface area contributed by atoms with Gasteiger partial charge in [-0.05, 0) is 43.5 Å². The van der Waals surface area contributed by atoms with Crippen molar-refractivity contribution >= 4 is 21.7 Å². The minimum Gasteiger partial charge on any atom is -0.491 e. The maximum Gasteiger partial charge on any atom is 0.311 e. The lowest BCUT2D eigenvalue weighted by Gasteiger charge is -2.41. The molecule has 2 bridgehead atoms. The van der Waals surface area contributed by atoms with Gasteiger partial charge in [0.05, 0.1) is 6.26 Å². The van der Waals surface area contributed by atoms with E-state index in [1.54, 1.807) is 12.1 Å². The van der Waals surface area contributed by atoms with E-state index in [0.29, 0.717) is 38.3 Å². The van der Waals surface area contributed by atoms with Gasteiger partial charge in [-0.1, -0.05) is 0 Å². The Bertz CT molecular complexity index is 884. The zero-order valence-electron chi connectivity index (χ0n) is 17.0. The predicted octanol–water partition coefficient (Wildman–Crippen LogP) is 0.103. The first-order chi connectivity index (χ1) is 14.2. The molecule has 3 heterocycles. The Hall–Kier alpha value is -1.88. The van der Waals surface area contributed by atoms with Gasteiger partial charge < -0.3 is 25.2 Å². The third kappa shape index (κ3) is 4.27. The van der Waals surface area contributed by atoms with Crippen LogP contribution in [0.2, 0.25) is 0 Å². The fourth-order valence-electron chi connectivity index (χ4n) is 4.99. The lowest BCUT2D eigenvalue weighted by atomic mass is 9.77. The van der Waals surface area contributed by atoms with Gasteiger partial charge in [0.2, 0.25) is 10.0 Å². The molecule has 10 heteroatoms. The first kappa shape index (κ1) is 21.4. The van der Waals surface area contributed by atoms with Crippen LogP contribution in [-0.2, 0) is 14.8 Å². The summed E-state index contributed by atoms with van der Waals surface area (Å²) < 4.78 is 30.6. The molecule has 4 unspecified atom stereocenters. The van der Waals surface area contributed by atoms with Crippen molar-refractivity contribution in [3.8, 4) is 5.75 Å². The molecule has 1 aromatic rings. The van der Waals surface area contributed by atoms with Crippen molar-refractivity contribution in [3.63, 3.8) is 0 Å². The number of fused-ring (bicyclic) bond motifs is 2. The fraction of sp³-hybridized carbons (Fsp3) is 0.650. The van der Waals surface area contributed by atoms with Crippen LogP contribution in [0.25, 0.3) is 0 Å². The monoisotopic (exact) mass is 439 g/mol. The minimum atomic E-state index is -3.16. The number of hydrogen-bond acceptors (Lipinski definition) is 7. The molecule has 0 spiro atoms. The number of nitrogens with zero attached hydrogens (tertiary/aromatic N) is 2. The van der Waals surface area contributed by atoms with Crippen molar-refractivity contribution in [1.29, 1.82) is 0 Å². The van der Waals surface area contributed by atoms with Gasteiger partial charge in [-0.3, -0.25) is 4.79 Å². The Labute approximate surface area is 176 Å². The number of anilines is 1. The van der Waals surface area contributed by atoms with Crippen molar-refractivity contribution in [2.24, 2.45) is 5.92 Å². The highest BCUT2D eigenvalue weighted by atomic mass is 32.2. The molecule has 0 radical (unpaired) electrons. The average Bonchev–Trinajstić information content (AvgIpc) is 3.07. The molecule has 9 nitrogen and oxygen atoms in total. The van der Waals surface area contributed by atoms with Crippen molar-refractivity contribution in [3.05, 3.63) is 24.3 Å². The number of hydrogen-bond donors (Lipinski definition) is 3. The van der Waals surface area contributed by atoms with Crippen LogP contribution in [0.1, 0.15) is 19.3 Å². The summed E-state index contributed by atoms with van der Waals surface area (Å²) in [6, 6.07) is 7.31. The molecule has 3 saturated heterocycles. The molecule has 0 aromatic heterocycles. The van der Waals surface area contributed by atoms with Gasteiger partial charge in [0.15, 0.2) is 0 Å². The van der Waals surface area contributed by atoms with E-state index < -0.39 is 27.5 Å². The first-order valence-electron chi connectivity index (χ1n) is 10.3. The molecule has 3 aliphatic heterocycles. The van der Waals surface area contributed by atoms with Gasteiger partial charge in [0, 0.05) is 44.0 Å². The number of sulfonamides is 1. The number of benzene rings is 1. The standard InChI is InChI=1S/C20H29N3O6S/c1-30(27,28)23-10-8-22(9-11-23)15-3-5-16(6-4-15)29-13-20(26)12-14-2-7-17(21-14)18(20)19(24)25/h3-6,14,17-18,21,26H,2,7-13H2,1H3,(H,24,25). The van der Waals surface area contributed by atoms with Gasteiger partial charge in [0.1, 0.15) is 23.9 Å². The van der Waals surface area contributed by atoms with E-state index in [4.69, 9.17) is 4.74 Å². The van der Waals surface area contributed by atoms with Crippen LogP contribution in [0.15, 0.2) is 24.3 Å². The highest BCUT2D eigenvalue weighted by Crippen LogP contribution is 2.39. The smallest absolute Gasteiger partial charge is 0.311 e. The number of carbonyl (C=O) groups is 1. The van der Waals surface area contributed by atoms with E-state index in [-0.39, 0.29) is 18.7 Å². The summed E-state index contributed by atoms with van der Waals surface area (Å²) >= 11 is 0. The van der Waals surface area contributed by atoms with Gasteiger partial charge in [-0.15, -0.1) is 0 Å². The SMILES string of the molecule is CS(=O)(=O)N1CCN(c2ccc(OCC3(O)CC4CCC(N4)C3C(=O)O)cc2)CC1. The van der Waals surface area contributed by atoms with E-state index in [9.17, 15) is 23.4 Å². The maximum absolute atomic E-state index is 11.8. The summed E-state index contributed by atoms with van der Waals surface area (Å²) in [7, 11) is -3.16. The average molecular weight is 440 g/mol. The van der Waals surface area contributed by atoms with Crippen molar-refractivity contribution < 1.29 is 28.2 Å². The number of nitrogens with one attached hydrogen (secondary N) is 1. The van der Waals surface area contributed by atoms with E-state index in [1.165, 1.54) is 10.6 Å². The molecule has 3 aliphatic rings. The molecule has 0 aliphatic carbocycles. The van der Waals surface area contributed by atoms with E-state index in [0.717, 1.165) is 18.5 Å². The van der Waals surface area contributed by atoms with Crippen LogP contribution in [0.3, 0.4) is 0 Å². The minimum absolute atomic E-state index is 0.0645. The Morgan fingerprint density at radius 1 is 1.20 bits per heavy atom. The third-order valence-corrected chi connectivity index (χ3v) is 7.82. The number of rotatable bonds is 6. The Morgan fingerprint density at radius 3 is 2.47 bits per heavy atom. The molecule has 0 saturated carbocycles. The number of aliphatic hydroxyl groups is 1. The molecule has 3 fully saturated rings. The third-order valence-electron chi connectivity index (χ3n) is 6.52. The Balaban J connectivity index is 1.37. The molecule has 4 rings (SSSR count). The van der Waals surface area contributed by atoms with Crippen LogP contribution in [0.4, 0.5) is 5.69 Å². The molecule has 1 aromatic carbocycles. The van der Waals surface area contributed by atoms with Crippen LogP contribution < -0.4 is 15.0 Å². The molecule has 30 heavy (non-hydrogen) atoms. The summed E-state index contributed by atoms with van der Waals surface area (Å²) in [4.78, 5) is 13.9. The molecular formula is C20H29N3O6S. The number of ether oxygens (including phenoxy) is 1. The normalized spacial score (nSPS) is 32.2. The van der Waals surface area contributed by atoms with Crippen molar-refractivity contribution in [2.75, 3.05) is 43.9 Å². The van der Waals surface area contributed by atoms with Gasteiger partial charge >= 0.3 is 5.97 Å². The largest absolute Gasteiger partial charge is 0.491 e. The van der Waals surface area contributed by atoms with Crippen LogP contribution >= 0.6 is 0 Å². The molecule has 166 valence electrons. The Morgan fingerprint density at radius 2 is 1.87 bits per heavy atom. The molecule has 0 amide bonds. The second-order valence-corrected chi connectivity index (χ2v) is 10.6. The molecule has 4 atom stereocenters. The van der Waals surface area contributed by atoms with Crippen LogP contribution in [0.5, 0.6) is 5.75 Å². The van der Waals surface area contributed by atoms with E-state index in [1.807, 2.05) is 12.1 Å². The number of piperidine rings is 1. The fourth-order valence-corrected chi connectivity index (χ4v) is 5.82. The highest BCUT2D eigenvalue weighted by Gasteiger charge is 2.54. The lowest BCUT2D eigenvalue weighted by Crippen LogP contribution is -2.61. The number of aliphatic carboxylic acids is 1. The zero-order valence-corrected chi connectivity index (χ0v) is 17.8. The second kappa shape index (κ2) is 7.99. The second-order valence-electron chi connectivity index (χ2n) is 8.60. The summed E-state index contributed by atoms with van der Waals surface area (Å²) in [6.07, 6.45) is 3.22. The van der Waals surface area contributed by atoms with Crippen LogP contribution in [0, 0.1) is 5.92 Å². The summed E-state index contributed by atoms with van der Waals surface area (Å²) in [5.41, 5.74) is -0.429. The van der Waals surface area contributed by atoms with E-state index >= 15 is 0 Å². The van der Waals surface area contributed by atoms with Crippen molar-refractivity contribution in [2.45, 2.75) is 36.9 Å². The summed E-state index contributed by atoms with van der Waals surface area (Å²) in [5.74, 6) is -1.32. The predicted molar refractivity (Wildman–Crippen MR) is 111 cm³/mol. The van der Waals surface area contributed by atoms with Crippen molar-refractivity contribution in [1.82, 2.24) is 9.62 Å². The molecule has 3 N–H and O–H groups in total. The van der Waals surface area contributed by atoms with Gasteiger partial charge in [-0.25, -0.2) is 8.42 Å². The first-order valence-corrected chi connectivity index (χ1v) is 12.1. The number of piperazine rings is 1. The van der Waals surface area contributed by atoms with E-state index in [2.05, 4.69) is 10.2 Å². The van der Waals surface area contributed by atoms with Crippen LogP contribution in [-0.4, -0.2) is 85.6 Å². The topological polar surface area (TPSA) is 119 Å².